The fraction of sp³-hybridized carbons (Fsp3) is 0.333. The van der Waals surface area contributed by atoms with E-state index in [1.54, 1.807) is 7.11 Å². The van der Waals surface area contributed by atoms with Crippen LogP contribution in [0.15, 0.2) is 42.5 Å². The first-order chi connectivity index (χ1) is 9.29. The van der Waals surface area contributed by atoms with Gasteiger partial charge in [0.05, 0.1) is 18.8 Å². The van der Waals surface area contributed by atoms with Gasteiger partial charge in [0, 0.05) is 6.07 Å². The van der Waals surface area contributed by atoms with Gasteiger partial charge in [-0.25, -0.2) is 0 Å². The number of hydrogen-bond acceptors (Lipinski definition) is 4. The average Bonchev–Trinajstić information content (AvgIpc) is 3.28. The highest BCUT2D eigenvalue weighted by atomic mass is 16.5. The molecule has 4 nitrogen and oxygen atoms in total. The molecule has 1 aromatic carbocycles. The molecule has 3 unspecified atom stereocenters. The Hall–Kier alpha value is -1.94. The summed E-state index contributed by atoms with van der Waals surface area (Å²) in [5.41, 5.74) is 8.48. The van der Waals surface area contributed by atoms with Crippen LogP contribution in [0, 0.1) is 5.92 Å². The summed E-state index contributed by atoms with van der Waals surface area (Å²) < 4.78 is 5.00. The second kappa shape index (κ2) is 4.97. The van der Waals surface area contributed by atoms with Gasteiger partial charge >= 0.3 is 0 Å². The second-order valence-corrected chi connectivity index (χ2v) is 4.94. The molecule has 0 spiro atoms. The highest BCUT2D eigenvalue weighted by molar-refractivity contribution is 5.28. The van der Waals surface area contributed by atoms with Crippen molar-refractivity contribution in [3.05, 3.63) is 53.7 Å². The van der Waals surface area contributed by atoms with Crippen LogP contribution < -0.4 is 10.5 Å². The lowest BCUT2D eigenvalue weighted by Crippen LogP contribution is -2.15. The molecule has 1 aliphatic rings. The van der Waals surface area contributed by atoms with Crippen LogP contribution in [0.5, 0.6) is 5.88 Å². The summed E-state index contributed by atoms with van der Waals surface area (Å²) in [5.74, 6) is 1.54. The van der Waals surface area contributed by atoms with Crippen LogP contribution in [0.25, 0.3) is 0 Å². The predicted molar refractivity (Wildman–Crippen MR) is 72.8 cm³/mol. The lowest BCUT2D eigenvalue weighted by Gasteiger charge is -2.10. The van der Waals surface area contributed by atoms with Gasteiger partial charge < -0.3 is 10.5 Å². The lowest BCUT2D eigenvalue weighted by molar-refractivity contribution is 0.389. The van der Waals surface area contributed by atoms with Gasteiger partial charge in [0.15, 0.2) is 0 Å². The van der Waals surface area contributed by atoms with Gasteiger partial charge in [0.2, 0.25) is 5.88 Å². The van der Waals surface area contributed by atoms with Crippen LogP contribution in [0.4, 0.5) is 0 Å². The molecule has 0 bridgehead atoms. The van der Waals surface area contributed by atoms with Crippen molar-refractivity contribution in [3.8, 4) is 5.88 Å². The Morgan fingerprint density at radius 2 is 1.95 bits per heavy atom. The number of aromatic nitrogens is 2. The fourth-order valence-corrected chi connectivity index (χ4v) is 2.53. The molecule has 4 heteroatoms. The Balaban J connectivity index is 1.70. The Bertz CT molecular complexity index is 541. The van der Waals surface area contributed by atoms with Crippen molar-refractivity contribution in [2.45, 2.75) is 18.4 Å². The standard InChI is InChI=1S/C15H17N3O/c1-19-14-8-7-13(17-18-14)15(16)12-9-11(12)10-5-3-2-4-6-10/h2-8,11-12,15H,9,16H2,1H3. The van der Waals surface area contributed by atoms with Crippen LogP contribution in [-0.4, -0.2) is 17.3 Å². The first-order valence-corrected chi connectivity index (χ1v) is 6.47. The van der Waals surface area contributed by atoms with Gasteiger partial charge in [-0.3, -0.25) is 0 Å². The molecule has 98 valence electrons. The largest absolute Gasteiger partial charge is 0.480 e. The van der Waals surface area contributed by atoms with Gasteiger partial charge in [-0.15, -0.1) is 5.10 Å². The number of nitrogens with zero attached hydrogens (tertiary/aromatic N) is 2. The maximum atomic E-state index is 6.28. The minimum Gasteiger partial charge on any atom is -0.480 e. The molecule has 0 saturated heterocycles. The van der Waals surface area contributed by atoms with Crippen molar-refractivity contribution in [2.24, 2.45) is 11.7 Å². The van der Waals surface area contributed by atoms with E-state index in [9.17, 15) is 0 Å². The van der Waals surface area contributed by atoms with Crippen molar-refractivity contribution in [1.82, 2.24) is 10.2 Å². The predicted octanol–water partition coefficient (Wildman–Crippen LogP) is 2.29. The molecule has 2 N–H and O–H groups in total. The SMILES string of the molecule is COc1ccc(C(N)C2CC2c2ccccc2)nn1. The van der Waals surface area contributed by atoms with E-state index in [1.165, 1.54) is 5.56 Å². The minimum absolute atomic E-state index is 0.0522. The summed E-state index contributed by atoms with van der Waals surface area (Å²) in [6.07, 6.45) is 1.12. The van der Waals surface area contributed by atoms with Crippen molar-refractivity contribution in [3.63, 3.8) is 0 Å². The summed E-state index contributed by atoms with van der Waals surface area (Å²) in [4.78, 5) is 0. The van der Waals surface area contributed by atoms with E-state index in [4.69, 9.17) is 10.5 Å². The zero-order valence-corrected chi connectivity index (χ0v) is 10.9. The van der Waals surface area contributed by atoms with Gasteiger partial charge in [-0.1, -0.05) is 30.3 Å². The van der Waals surface area contributed by atoms with E-state index in [0.717, 1.165) is 12.1 Å². The molecule has 2 aromatic rings. The van der Waals surface area contributed by atoms with Gasteiger partial charge in [-0.05, 0) is 29.9 Å². The van der Waals surface area contributed by atoms with Gasteiger partial charge in [0.25, 0.3) is 0 Å². The zero-order valence-electron chi connectivity index (χ0n) is 10.9. The molecule has 0 aliphatic heterocycles. The second-order valence-electron chi connectivity index (χ2n) is 4.94. The van der Waals surface area contributed by atoms with Crippen LogP contribution in [0.1, 0.15) is 29.6 Å². The molecule has 1 heterocycles. The minimum atomic E-state index is -0.0522. The summed E-state index contributed by atoms with van der Waals surface area (Å²) >= 11 is 0. The maximum absolute atomic E-state index is 6.28. The first-order valence-electron chi connectivity index (χ1n) is 6.47. The monoisotopic (exact) mass is 255 g/mol. The third-order valence-electron chi connectivity index (χ3n) is 3.74. The number of rotatable bonds is 4. The molecule has 3 rings (SSSR count). The molecule has 1 aromatic heterocycles. The number of methoxy groups -OCH3 is 1. The first kappa shape index (κ1) is 12.1. The Kier molecular flexibility index (Phi) is 3.17. The topological polar surface area (TPSA) is 61.0 Å². The normalized spacial score (nSPS) is 22.8. The fourth-order valence-electron chi connectivity index (χ4n) is 2.53. The quantitative estimate of drug-likeness (QED) is 0.910. The summed E-state index contributed by atoms with van der Waals surface area (Å²) in [5, 5.41) is 8.11. The molecular weight excluding hydrogens is 238 g/mol. The Morgan fingerprint density at radius 1 is 1.16 bits per heavy atom. The number of hydrogen-bond donors (Lipinski definition) is 1. The molecule has 1 saturated carbocycles. The van der Waals surface area contributed by atoms with Gasteiger partial charge in [-0.2, -0.15) is 5.10 Å². The van der Waals surface area contributed by atoms with Crippen LogP contribution >= 0.6 is 0 Å². The molecule has 3 atom stereocenters. The molecular formula is C15H17N3O. The Morgan fingerprint density at radius 3 is 2.58 bits per heavy atom. The van der Waals surface area contributed by atoms with Crippen molar-refractivity contribution in [1.29, 1.82) is 0 Å². The molecule has 19 heavy (non-hydrogen) atoms. The van der Waals surface area contributed by atoms with E-state index in [-0.39, 0.29) is 6.04 Å². The lowest BCUT2D eigenvalue weighted by atomic mass is 10.0. The van der Waals surface area contributed by atoms with E-state index in [2.05, 4.69) is 34.5 Å². The summed E-state index contributed by atoms with van der Waals surface area (Å²) in [6, 6.07) is 14.2. The van der Waals surface area contributed by atoms with Crippen LogP contribution in [0.3, 0.4) is 0 Å². The third-order valence-corrected chi connectivity index (χ3v) is 3.74. The van der Waals surface area contributed by atoms with Gasteiger partial charge in [0.1, 0.15) is 0 Å². The van der Waals surface area contributed by atoms with E-state index >= 15 is 0 Å². The van der Waals surface area contributed by atoms with Crippen molar-refractivity contribution < 1.29 is 4.74 Å². The third kappa shape index (κ3) is 2.44. The zero-order chi connectivity index (χ0) is 13.2. The number of nitrogens with two attached hydrogens (primary N) is 1. The molecule has 0 radical (unpaired) electrons. The van der Waals surface area contributed by atoms with E-state index < -0.39 is 0 Å². The van der Waals surface area contributed by atoms with Crippen molar-refractivity contribution >= 4 is 0 Å². The number of ether oxygens (including phenoxy) is 1. The summed E-state index contributed by atoms with van der Waals surface area (Å²) in [6.45, 7) is 0. The maximum Gasteiger partial charge on any atom is 0.233 e. The van der Waals surface area contributed by atoms with E-state index in [1.807, 2.05) is 18.2 Å². The van der Waals surface area contributed by atoms with Crippen LogP contribution in [-0.2, 0) is 0 Å². The summed E-state index contributed by atoms with van der Waals surface area (Å²) in [7, 11) is 1.58. The average molecular weight is 255 g/mol. The molecule has 1 aliphatic carbocycles. The smallest absolute Gasteiger partial charge is 0.233 e. The molecule has 0 amide bonds. The van der Waals surface area contributed by atoms with Crippen molar-refractivity contribution in [2.75, 3.05) is 7.11 Å². The highest BCUT2D eigenvalue weighted by Crippen LogP contribution is 2.52. The Labute approximate surface area is 112 Å². The van der Waals surface area contributed by atoms with E-state index in [0.29, 0.717) is 17.7 Å². The highest BCUT2D eigenvalue weighted by Gasteiger charge is 2.43. The van der Waals surface area contributed by atoms with Crippen LogP contribution in [0.2, 0.25) is 0 Å². The number of benzene rings is 1. The molecule has 1 fully saturated rings.